The highest BCUT2D eigenvalue weighted by molar-refractivity contribution is 5.89. The van der Waals surface area contributed by atoms with E-state index in [1.54, 1.807) is 17.8 Å². The van der Waals surface area contributed by atoms with E-state index in [1.165, 1.54) is 13.0 Å². The number of hydrogen-bond acceptors (Lipinski definition) is 7. The quantitative estimate of drug-likeness (QED) is 0.347. The first-order valence-corrected chi connectivity index (χ1v) is 11.5. The first-order valence-electron chi connectivity index (χ1n) is 11.5. The van der Waals surface area contributed by atoms with Crippen LogP contribution >= 0.6 is 0 Å². The average molecular weight is 476 g/mol. The fourth-order valence-electron chi connectivity index (χ4n) is 4.09. The van der Waals surface area contributed by atoms with Gasteiger partial charge in [0.2, 0.25) is 11.5 Å². The molecule has 0 bridgehead atoms. The molecule has 1 aromatic carbocycles. The van der Waals surface area contributed by atoms with Crippen LogP contribution in [0.3, 0.4) is 0 Å². The summed E-state index contributed by atoms with van der Waals surface area (Å²) < 4.78 is 6.17. The number of amides is 1. The molecule has 1 amide bonds. The third kappa shape index (κ3) is 7.73. The van der Waals surface area contributed by atoms with Gasteiger partial charge in [0.15, 0.2) is 5.78 Å². The Hall–Kier alpha value is -2.59. The van der Waals surface area contributed by atoms with Crippen molar-refractivity contribution in [1.82, 2.24) is 15.9 Å². The van der Waals surface area contributed by atoms with Gasteiger partial charge in [-0.3, -0.25) is 24.4 Å². The standard InChI is InChI=1S/C25H37N3O6/c1-15(2)12-19(24(31)27-23(16(3)29)25(4,5)6)21(14-34-28-32)33-13-17-8-7-9-20-18(17)10-11-22(30)26-20/h7-11,15,19,21,23,28,32H,12-14H2,1-6H3,(H,26,30)(H,27,31)/t19-,21?,23-/m1/s1. The second-order valence-corrected chi connectivity index (χ2v) is 10.1. The number of Topliss-reactive ketones (excluding diaryl/α,β-unsaturated/α-hetero) is 1. The molecule has 4 N–H and O–H groups in total. The van der Waals surface area contributed by atoms with Crippen molar-refractivity contribution in [3.8, 4) is 0 Å². The lowest BCUT2D eigenvalue weighted by molar-refractivity contribution is -0.170. The molecule has 0 spiro atoms. The molecule has 1 unspecified atom stereocenters. The molecule has 0 saturated heterocycles. The van der Waals surface area contributed by atoms with Gasteiger partial charge < -0.3 is 15.0 Å². The monoisotopic (exact) mass is 475 g/mol. The molecule has 9 heteroatoms. The van der Waals surface area contributed by atoms with Crippen molar-refractivity contribution < 1.29 is 24.4 Å². The molecule has 188 valence electrons. The van der Waals surface area contributed by atoms with Gasteiger partial charge in [0.25, 0.3) is 0 Å². The molecule has 0 aliphatic rings. The predicted molar refractivity (Wildman–Crippen MR) is 129 cm³/mol. The molecule has 2 rings (SSSR count). The van der Waals surface area contributed by atoms with Crippen LogP contribution in [0.15, 0.2) is 35.1 Å². The molecular weight excluding hydrogens is 438 g/mol. The molecule has 0 saturated carbocycles. The Morgan fingerprint density at radius 3 is 2.44 bits per heavy atom. The molecule has 3 atom stereocenters. The molecule has 0 aliphatic carbocycles. The van der Waals surface area contributed by atoms with E-state index in [0.717, 1.165) is 10.9 Å². The van der Waals surface area contributed by atoms with Crippen LogP contribution in [0.5, 0.6) is 0 Å². The number of nitrogens with one attached hydrogen (secondary N) is 3. The Balaban J connectivity index is 2.31. The number of benzene rings is 1. The van der Waals surface area contributed by atoms with Gasteiger partial charge in [0, 0.05) is 17.0 Å². The van der Waals surface area contributed by atoms with E-state index in [4.69, 9.17) is 14.8 Å². The zero-order valence-electron chi connectivity index (χ0n) is 20.8. The van der Waals surface area contributed by atoms with Crippen LogP contribution in [-0.2, 0) is 25.8 Å². The summed E-state index contributed by atoms with van der Waals surface area (Å²) in [5.41, 5.74) is 2.52. The van der Waals surface area contributed by atoms with Gasteiger partial charge in [0.1, 0.15) is 0 Å². The van der Waals surface area contributed by atoms with E-state index in [2.05, 4.69) is 10.3 Å². The number of pyridine rings is 1. The van der Waals surface area contributed by atoms with Crippen molar-refractivity contribution in [2.75, 3.05) is 6.61 Å². The van der Waals surface area contributed by atoms with Crippen molar-refractivity contribution in [2.45, 2.75) is 66.7 Å². The number of rotatable bonds is 12. The summed E-state index contributed by atoms with van der Waals surface area (Å²) in [6.07, 6.45) is -0.226. The van der Waals surface area contributed by atoms with E-state index in [1.807, 2.05) is 46.8 Å². The third-order valence-corrected chi connectivity index (χ3v) is 5.69. The van der Waals surface area contributed by atoms with Gasteiger partial charge in [-0.15, -0.1) is 0 Å². The summed E-state index contributed by atoms with van der Waals surface area (Å²) in [7, 11) is 0. The number of ketones is 1. The number of carbonyl (C=O) groups is 2. The van der Waals surface area contributed by atoms with Crippen LogP contribution in [0, 0.1) is 17.3 Å². The lowest BCUT2D eigenvalue weighted by atomic mass is 9.83. The molecule has 2 aromatic rings. The molecular formula is C25H37N3O6. The minimum absolute atomic E-state index is 0.0941. The van der Waals surface area contributed by atoms with Crippen LogP contribution in [-0.4, -0.2) is 40.6 Å². The van der Waals surface area contributed by atoms with E-state index in [0.29, 0.717) is 11.9 Å². The summed E-state index contributed by atoms with van der Waals surface area (Å²) in [6, 6.07) is 8.03. The summed E-state index contributed by atoms with van der Waals surface area (Å²) in [5, 5.41) is 12.7. The Morgan fingerprint density at radius 1 is 1.15 bits per heavy atom. The van der Waals surface area contributed by atoms with Gasteiger partial charge in [-0.2, -0.15) is 0 Å². The van der Waals surface area contributed by atoms with Crippen LogP contribution < -0.4 is 16.5 Å². The van der Waals surface area contributed by atoms with E-state index >= 15 is 0 Å². The predicted octanol–water partition coefficient (Wildman–Crippen LogP) is 3.11. The molecule has 1 heterocycles. The van der Waals surface area contributed by atoms with Crippen molar-refractivity contribution >= 4 is 22.6 Å². The normalized spacial score (nSPS) is 14.7. The number of aromatic amines is 1. The van der Waals surface area contributed by atoms with Gasteiger partial charge in [-0.25, -0.2) is 0 Å². The van der Waals surface area contributed by atoms with Crippen molar-refractivity contribution in [1.29, 1.82) is 0 Å². The second-order valence-electron chi connectivity index (χ2n) is 10.1. The second kappa shape index (κ2) is 12.2. The van der Waals surface area contributed by atoms with Gasteiger partial charge in [-0.05, 0) is 42.4 Å². The molecule has 34 heavy (non-hydrogen) atoms. The van der Waals surface area contributed by atoms with Crippen LogP contribution in [0.25, 0.3) is 10.9 Å². The molecule has 1 aromatic heterocycles. The molecule has 0 radical (unpaired) electrons. The van der Waals surface area contributed by atoms with Crippen LogP contribution in [0.1, 0.15) is 53.5 Å². The average Bonchev–Trinajstić information content (AvgIpc) is 2.74. The first kappa shape index (κ1) is 27.7. The van der Waals surface area contributed by atoms with Gasteiger partial charge in [0.05, 0.1) is 31.3 Å². The Bertz CT molecular complexity index is 1030. The molecule has 9 nitrogen and oxygen atoms in total. The highest BCUT2D eigenvalue weighted by atomic mass is 16.8. The molecule has 0 aliphatic heterocycles. The smallest absolute Gasteiger partial charge is 0.248 e. The maximum absolute atomic E-state index is 13.4. The number of ether oxygens (including phenoxy) is 1. The zero-order valence-corrected chi connectivity index (χ0v) is 20.8. The number of fused-ring (bicyclic) bond motifs is 1. The maximum Gasteiger partial charge on any atom is 0.248 e. The van der Waals surface area contributed by atoms with Crippen molar-refractivity contribution in [2.24, 2.45) is 17.3 Å². The molecule has 0 fully saturated rings. The SMILES string of the molecule is CC(=O)[C@@H](NC(=O)[C@H](CC(C)C)C(CONO)OCc1cccc2[nH]c(=O)ccc12)C(C)(C)C. The van der Waals surface area contributed by atoms with E-state index < -0.39 is 23.5 Å². The number of H-pyrrole nitrogens is 1. The summed E-state index contributed by atoms with van der Waals surface area (Å²) in [6.45, 7) is 11.2. The highest BCUT2D eigenvalue weighted by Crippen LogP contribution is 2.25. The topological polar surface area (TPSA) is 130 Å². The van der Waals surface area contributed by atoms with Gasteiger partial charge >= 0.3 is 0 Å². The fourth-order valence-corrected chi connectivity index (χ4v) is 4.09. The van der Waals surface area contributed by atoms with Gasteiger partial charge in [-0.1, -0.05) is 52.4 Å². The summed E-state index contributed by atoms with van der Waals surface area (Å²) >= 11 is 0. The van der Waals surface area contributed by atoms with Crippen molar-refractivity contribution in [3.05, 3.63) is 46.2 Å². The van der Waals surface area contributed by atoms with Crippen LogP contribution in [0.2, 0.25) is 0 Å². The number of aromatic nitrogens is 1. The lowest BCUT2D eigenvalue weighted by Crippen LogP contribution is -2.52. The lowest BCUT2D eigenvalue weighted by Gasteiger charge is -2.33. The Labute approximate surface area is 200 Å². The Morgan fingerprint density at radius 2 is 1.85 bits per heavy atom. The van der Waals surface area contributed by atoms with E-state index in [9.17, 15) is 14.4 Å². The van der Waals surface area contributed by atoms with E-state index in [-0.39, 0.29) is 36.4 Å². The minimum atomic E-state index is -0.715. The summed E-state index contributed by atoms with van der Waals surface area (Å²) in [5.74, 6) is -0.901. The minimum Gasteiger partial charge on any atom is -0.370 e. The number of carbonyl (C=O) groups excluding carboxylic acids is 2. The van der Waals surface area contributed by atoms with Crippen molar-refractivity contribution in [3.63, 3.8) is 0 Å². The number of hydrogen-bond donors (Lipinski definition) is 4. The largest absolute Gasteiger partial charge is 0.370 e. The fraction of sp³-hybridized carbons (Fsp3) is 0.560. The Kier molecular flexibility index (Phi) is 9.93. The summed E-state index contributed by atoms with van der Waals surface area (Å²) in [4.78, 5) is 45.1. The third-order valence-electron chi connectivity index (χ3n) is 5.69. The first-order chi connectivity index (χ1) is 15.9. The zero-order chi connectivity index (χ0) is 25.5. The maximum atomic E-state index is 13.4. The van der Waals surface area contributed by atoms with Crippen LogP contribution in [0.4, 0.5) is 0 Å². The highest BCUT2D eigenvalue weighted by Gasteiger charge is 2.36.